The van der Waals surface area contributed by atoms with Crippen LogP contribution < -0.4 is 10.6 Å². The summed E-state index contributed by atoms with van der Waals surface area (Å²) in [6.45, 7) is 5.22. The second-order valence-corrected chi connectivity index (χ2v) is 6.23. The number of nitrogens with zero attached hydrogens (tertiary/aromatic N) is 3. The van der Waals surface area contributed by atoms with Gasteiger partial charge in [0.25, 0.3) is 0 Å². The molecule has 2 atom stereocenters. The van der Waals surface area contributed by atoms with Crippen LogP contribution in [0.25, 0.3) is 0 Å². The molecule has 3 rings (SSSR count). The van der Waals surface area contributed by atoms with Crippen molar-refractivity contribution >= 4 is 18.0 Å². The van der Waals surface area contributed by atoms with Gasteiger partial charge in [-0.25, -0.2) is 9.59 Å². The molecule has 0 saturated carbocycles. The van der Waals surface area contributed by atoms with Crippen molar-refractivity contribution < 1.29 is 14.4 Å². The number of hydrogen-bond donors (Lipinski definition) is 2. The third kappa shape index (κ3) is 2.95. The monoisotopic (exact) mass is 309 g/mol. The van der Waals surface area contributed by atoms with Crippen molar-refractivity contribution in [2.75, 3.05) is 39.3 Å². The molecule has 3 fully saturated rings. The maximum absolute atomic E-state index is 12.4. The first-order chi connectivity index (χ1) is 10.5. The van der Waals surface area contributed by atoms with Gasteiger partial charge >= 0.3 is 12.1 Å². The maximum Gasteiger partial charge on any atom is 0.317 e. The van der Waals surface area contributed by atoms with E-state index in [0.29, 0.717) is 32.7 Å². The standard InChI is InChI=1S/C14H23N5O3/c1-10(20)17-4-2-3-11(8-17)16-14(22)18-5-6-19-12(9-18)7-15-13(19)21/h11-12H,2-9H2,1H3,(H,15,21)(H,16,22). The van der Waals surface area contributed by atoms with Gasteiger partial charge in [-0.1, -0.05) is 0 Å². The summed E-state index contributed by atoms with van der Waals surface area (Å²) in [7, 11) is 0. The predicted octanol–water partition coefficient (Wildman–Crippen LogP) is -0.584. The molecule has 0 aromatic carbocycles. The van der Waals surface area contributed by atoms with Crippen LogP contribution in [-0.2, 0) is 4.79 Å². The van der Waals surface area contributed by atoms with Gasteiger partial charge in [-0.05, 0) is 12.8 Å². The molecule has 0 radical (unpaired) electrons. The quantitative estimate of drug-likeness (QED) is 0.679. The summed E-state index contributed by atoms with van der Waals surface area (Å²) < 4.78 is 0. The number of piperazine rings is 1. The Labute approximate surface area is 129 Å². The Morgan fingerprint density at radius 3 is 2.77 bits per heavy atom. The molecule has 8 heteroatoms. The van der Waals surface area contributed by atoms with E-state index in [4.69, 9.17) is 0 Å². The molecule has 0 aromatic heterocycles. The highest BCUT2D eigenvalue weighted by Crippen LogP contribution is 2.15. The second-order valence-electron chi connectivity index (χ2n) is 6.23. The molecule has 22 heavy (non-hydrogen) atoms. The fourth-order valence-electron chi connectivity index (χ4n) is 3.44. The van der Waals surface area contributed by atoms with Gasteiger partial charge in [0.2, 0.25) is 5.91 Å². The van der Waals surface area contributed by atoms with Crippen LogP contribution >= 0.6 is 0 Å². The maximum atomic E-state index is 12.4. The van der Waals surface area contributed by atoms with E-state index in [1.807, 2.05) is 0 Å². The average Bonchev–Trinajstić information content (AvgIpc) is 2.88. The van der Waals surface area contributed by atoms with Gasteiger partial charge in [0.15, 0.2) is 0 Å². The van der Waals surface area contributed by atoms with Crippen LogP contribution in [0.15, 0.2) is 0 Å². The number of nitrogens with one attached hydrogen (secondary N) is 2. The van der Waals surface area contributed by atoms with Gasteiger partial charge in [0, 0.05) is 52.2 Å². The van der Waals surface area contributed by atoms with Crippen LogP contribution in [-0.4, -0.2) is 84.0 Å². The Hall–Kier alpha value is -1.99. The van der Waals surface area contributed by atoms with Crippen molar-refractivity contribution in [2.24, 2.45) is 0 Å². The predicted molar refractivity (Wildman–Crippen MR) is 79.3 cm³/mol. The molecule has 0 aliphatic carbocycles. The first kappa shape index (κ1) is 14.9. The zero-order valence-corrected chi connectivity index (χ0v) is 12.9. The first-order valence-corrected chi connectivity index (χ1v) is 7.90. The molecule has 3 saturated heterocycles. The van der Waals surface area contributed by atoms with E-state index in [1.165, 1.54) is 0 Å². The smallest absolute Gasteiger partial charge is 0.317 e. The summed E-state index contributed by atoms with van der Waals surface area (Å²) in [5.74, 6) is 0.0584. The van der Waals surface area contributed by atoms with E-state index in [0.717, 1.165) is 19.4 Å². The average molecular weight is 309 g/mol. The zero-order valence-electron chi connectivity index (χ0n) is 12.9. The highest BCUT2D eigenvalue weighted by Gasteiger charge is 2.37. The minimum atomic E-state index is -0.0885. The SMILES string of the molecule is CC(=O)N1CCCC(NC(=O)N2CCN3C(=O)NCC3C2)C1. The third-order valence-electron chi connectivity index (χ3n) is 4.71. The summed E-state index contributed by atoms with van der Waals surface area (Å²) in [5.41, 5.74) is 0. The van der Waals surface area contributed by atoms with Crippen LogP contribution in [0.4, 0.5) is 9.59 Å². The molecule has 2 unspecified atom stereocenters. The van der Waals surface area contributed by atoms with Crippen molar-refractivity contribution in [3.05, 3.63) is 0 Å². The molecule has 2 N–H and O–H groups in total. The molecule has 122 valence electrons. The lowest BCUT2D eigenvalue weighted by atomic mass is 10.1. The fraction of sp³-hybridized carbons (Fsp3) is 0.786. The highest BCUT2D eigenvalue weighted by atomic mass is 16.2. The summed E-state index contributed by atoms with van der Waals surface area (Å²) in [6.07, 6.45) is 1.82. The molecule has 5 amide bonds. The van der Waals surface area contributed by atoms with Crippen molar-refractivity contribution in [3.8, 4) is 0 Å². The molecule has 3 aliphatic heterocycles. The van der Waals surface area contributed by atoms with Gasteiger partial charge in [-0.2, -0.15) is 0 Å². The zero-order chi connectivity index (χ0) is 15.7. The molecule has 3 heterocycles. The number of piperidine rings is 1. The Kier molecular flexibility index (Phi) is 4.08. The van der Waals surface area contributed by atoms with Gasteiger partial charge in [0.1, 0.15) is 0 Å². The van der Waals surface area contributed by atoms with Crippen LogP contribution in [0, 0.1) is 0 Å². The number of carbonyl (C=O) groups is 3. The number of amides is 5. The molecular weight excluding hydrogens is 286 g/mol. The molecule has 8 nitrogen and oxygen atoms in total. The molecule has 0 bridgehead atoms. The van der Waals surface area contributed by atoms with Gasteiger partial charge < -0.3 is 25.3 Å². The van der Waals surface area contributed by atoms with E-state index in [9.17, 15) is 14.4 Å². The van der Waals surface area contributed by atoms with E-state index in [2.05, 4.69) is 10.6 Å². The van der Waals surface area contributed by atoms with Crippen LogP contribution in [0.2, 0.25) is 0 Å². The van der Waals surface area contributed by atoms with Crippen molar-refractivity contribution in [3.63, 3.8) is 0 Å². The molecule has 0 aromatic rings. The fourth-order valence-corrected chi connectivity index (χ4v) is 3.44. The topological polar surface area (TPSA) is 85.0 Å². The molecule has 3 aliphatic rings. The summed E-state index contributed by atoms with van der Waals surface area (Å²) >= 11 is 0. The summed E-state index contributed by atoms with van der Waals surface area (Å²) in [4.78, 5) is 40.8. The lowest BCUT2D eigenvalue weighted by Crippen LogP contribution is -2.58. The third-order valence-corrected chi connectivity index (χ3v) is 4.71. The van der Waals surface area contributed by atoms with Gasteiger partial charge in [-0.3, -0.25) is 4.79 Å². The van der Waals surface area contributed by atoms with Crippen molar-refractivity contribution in [2.45, 2.75) is 31.8 Å². The largest absolute Gasteiger partial charge is 0.341 e. The van der Waals surface area contributed by atoms with E-state index in [-0.39, 0.29) is 30.1 Å². The Balaban J connectivity index is 1.52. The Morgan fingerprint density at radius 1 is 1.18 bits per heavy atom. The van der Waals surface area contributed by atoms with E-state index >= 15 is 0 Å². The lowest BCUT2D eigenvalue weighted by molar-refractivity contribution is -0.130. The van der Waals surface area contributed by atoms with Crippen molar-refractivity contribution in [1.82, 2.24) is 25.3 Å². The molecule has 0 spiro atoms. The number of carbonyl (C=O) groups excluding carboxylic acids is 3. The number of urea groups is 2. The van der Waals surface area contributed by atoms with Crippen LogP contribution in [0.1, 0.15) is 19.8 Å². The number of likely N-dealkylation sites (tertiary alicyclic amines) is 1. The summed E-state index contributed by atoms with van der Waals surface area (Å²) in [5, 5.41) is 5.84. The number of hydrogen-bond acceptors (Lipinski definition) is 3. The first-order valence-electron chi connectivity index (χ1n) is 7.90. The Morgan fingerprint density at radius 2 is 2.00 bits per heavy atom. The van der Waals surface area contributed by atoms with Gasteiger partial charge in [0.05, 0.1) is 6.04 Å². The summed E-state index contributed by atoms with van der Waals surface area (Å²) in [6, 6.07) is -0.0255. The molecular formula is C14H23N5O3. The van der Waals surface area contributed by atoms with E-state index < -0.39 is 0 Å². The normalized spacial score (nSPS) is 28.2. The minimum Gasteiger partial charge on any atom is -0.341 e. The number of fused-ring (bicyclic) bond motifs is 1. The van der Waals surface area contributed by atoms with Gasteiger partial charge in [-0.15, -0.1) is 0 Å². The minimum absolute atomic E-state index is 0.0199. The second kappa shape index (κ2) is 6.02. The lowest BCUT2D eigenvalue weighted by Gasteiger charge is -2.38. The Bertz CT molecular complexity index is 483. The van der Waals surface area contributed by atoms with Crippen LogP contribution in [0.5, 0.6) is 0 Å². The number of rotatable bonds is 1. The highest BCUT2D eigenvalue weighted by molar-refractivity contribution is 5.79. The van der Waals surface area contributed by atoms with Crippen molar-refractivity contribution in [1.29, 1.82) is 0 Å². The van der Waals surface area contributed by atoms with Crippen LogP contribution in [0.3, 0.4) is 0 Å². The van der Waals surface area contributed by atoms with E-state index in [1.54, 1.807) is 21.6 Å².